The average molecular weight is 415 g/mol. The third-order valence-corrected chi connectivity index (χ3v) is 5.76. The fourth-order valence-corrected chi connectivity index (χ4v) is 4.17. The van der Waals surface area contributed by atoms with Crippen LogP contribution in [0.2, 0.25) is 4.34 Å². The van der Waals surface area contributed by atoms with Crippen LogP contribution in [-0.4, -0.2) is 51.5 Å². The second kappa shape index (κ2) is 7.40. The number of carbonyl (C=O) groups is 2. The van der Waals surface area contributed by atoms with E-state index in [9.17, 15) is 18.4 Å². The third-order valence-electron chi connectivity index (χ3n) is 4.41. The predicted octanol–water partition coefficient (Wildman–Crippen LogP) is 2.95. The van der Waals surface area contributed by atoms with E-state index in [2.05, 4.69) is 17.0 Å². The van der Waals surface area contributed by atoms with E-state index in [1.807, 2.05) is 0 Å². The quantitative estimate of drug-likeness (QED) is 0.782. The number of hydrogen-bond acceptors (Lipinski definition) is 4. The molecule has 2 aromatic rings. The highest BCUT2D eigenvalue weighted by molar-refractivity contribution is 7.18. The van der Waals surface area contributed by atoms with Gasteiger partial charge in [-0.15, -0.1) is 11.3 Å². The molecule has 3 heterocycles. The first-order chi connectivity index (χ1) is 12.7. The average Bonchev–Trinajstić information content (AvgIpc) is 3.21. The Morgan fingerprint density at radius 2 is 2.26 bits per heavy atom. The van der Waals surface area contributed by atoms with Crippen LogP contribution in [0, 0.1) is 0 Å². The van der Waals surface area contributed by atoms with Crippen molar-refractivity contribution in [2.75, 3.05) is 13.1 Å². The minimum atomic E-state index is -3.09. The van der Waals surface area contributed by atoms with Crippen LogP contribution in [0.3, 0.4) is 0 Å². The summed E-state index contributed by atoms with van der Waals surface area (Å²) in [5, 5.41) is 6.28. The van der Waals surface area contributed by atoms with Crippen molar-refractivity contribution in [3.63, 3.8) is 0 Å². The Kier molecular flexibility index (Phi) is 5.34. The lowest BCUT2D eigenvalue weighted by molar-refractivity contribution is -0.124. The molecule has 0 saturated carbocycles. The topological polar surface area (TPSA) is 67.2 Å². The molecule has 1 atom stereocenters. The zero-order chi connectivity index (χ0) is 19.8. The van der Waals surface area contributed by atoms with Crippen LogP contribution in [0.25, 0.3) is 11.3 Å². The summed E-state index contributed by atoms with van der Waals surface area (Å²) < 4.78 is 30.2. The van der Waals surface area contributed by atoms with Gasteiger partial charge in [-0.05, 0) is 18.2 Å². The normalized spacial score (nSPS) is 19.0. The molecule has 27 heavy (non-hydrogen) atoms. The van der Waals surface area contributed by atoms with Crippen LogP contribution >= 0.6 is 22.9 Å². The van der Waals surface area contributed by atoms with Crippen LogP contribution in [0.5, 0.6) is 0 Å². The molecular formula is C17H17ClF2N4O2S. The Morgan fingerprint density at radius 3 is 2.89 bits per heavy atom. The Bertz CT molecular complexity index is 895. The number of likely N-dealkylation sites (tertiary alicyclic amines) is 1. The molecule has 144 valence electrons. The first-order valence-corrected chi connectivity index (χ1v) is 9.30. The van der Waals surface area contributed by atoms with Crippen molar-refractivity contribution >= 4 is 34.8 Å². The zero-order valence-electron chi connectivity index (χ0n) is 14.4. The second-order valence-corrected chi connectivity index (χ2v) is 7.82. The lowest BCUT2D eigenvalue weighted by Crippen LogP contribution is -2.59. The van der Waals surface area contributed by atoms with Gasteiger partial charge in [0.1, 0.15) is 10.4 Å². The van der Waals surface area contributed by atoms with E-state index >= 15 is 0 Å². The number of halogens is 3. The number of carbonyl (C=O) groups excluding carboxylic acids is 2. The van der Waals surface area contributed by atoms with Gasteiger partial charge in [0.05, 0.1) is 10.6 Å². The molecule has 6 nitrogen and oxygen atoms in total. The van der Waals surface area contributed by atoms with Gasteiger partial charge in [0.2, 0.25) is 5.91 Å². The number of thiophene rings is 1. The van der Waals surface area contributed by atoms with Crippen molar-refractivity contribution in [3.05, 3.63) is 40.2 Å². The molecule has 1 aliphatic rings. The predicted molar refractivity (Wildman–Crippen MR) is 99.1 cm³/mol. The van der Waals surface area contributed by atoms with E-state index in [1.165, 1.54) is 4.90 Å². The molecule has 0 radical (unpaired) electrons. The number of aromatic nitrogens is 2. The molecule has 0 bridgehead atoms. The summed E-state index contributed by atoms with van der Waals surface area (Å²) in [7, 11) is 1.75. The van der Waals surface area contributed by atoms with Gasteiger partial charge in [0.25, 0.3) is 11.8 Å². The number of piperidine rings is 1. The number of amides is 2. The maximum Gasteiger partial charge on any atom is 0.271 e. The molecule has 0 aliphatic carbocycles. The van der Waals surface area contributed by atoms with Crippen LogP contribution in [0.15, 0.2) is 31.0 Å². The maximum atomic E-state index is 14.1. The second-order valence-electron chi connectivity index (χ2n) is 6.17. The fourth-order valence-electron chi connectivity index (χ4n) is 2.91. The third kappa shape index (κ3) is 3.89. The molecule has 2 amide bonds. The van der Waals surface area contributed by atoms with Crippen LogP contribution in [0.4, 0.5) is 8.78 Å². The van der Waals surface area contributed by atoms with E-state index in [0.29, 0.717) is 14.8 Å². The number of nitrogens with zero attached hydrogens (tertiary/aromatic N) is 3. The number of alkyl halides is 2. The summed E-state index contributed by atoms with van der Waals surface area (Å²) in [6, 6.07) is 1.94. The lowest BCUT2D eigenvalue weighted by Gasteiger charge is -2.38. The molecule has 1 aliphatic heterocycles. The van der Waals surface area contributed by atoms with Crippen molar-refractivity contribution in [1.82, 2.24) is 20.0 Å². The molecule has 1 saturated heterocycles. The highest BCUT2D eigenvalue weighted by atomic mass is 35.5. The van der Waals surface area contributed by atoms with E-state index in [-0.39, 0.29) is 13.1 Å². The molecule has 1 fully saturated rings. The fraction of sp³-hybridized carbons (Fsp3) is 0.353. The number of rotatable bonds is 4. The molecule has 1 unspecified atom stereocenters. The van der Waals surface area contributed by atoms with E-state index < -0.39 is 30.2 Å². The van der Waals surface area contributed by atoms with Crippen molar-refractivity contribution in [3.8, 4) is 11.3 Å². The number of nitrogens with one attached hydrogen (secondary N) is 1. The molecule has 3 rings (SSSR count). The summed E-state index contributed by atoms with van der Waals surface area (Å²) in [6.45, 7) is 2.86. The highest BCUT2D eigenvalue weighted by Gasteiger charge is 2.46. The van der Waals surface area contributed by atoms with Gasteiger partial charge in [-0.25, -0.2) is 8.78 Å². The molecule has 0 spiro atoms. The summed E-state index contributed by atoms with van der Waals surface area (Å²) in [5.74, 6) is -4.20. The van der Waals surface area contributed by atoms with Gasteiger partial charge < -0.3 is 10.2 Å². The molecule has 10 heteroatoms. The Hall–Kier alpha value is -2.26. The Balaban J connectivity index is 1.81. The van der Waals surface area contributed by atoms with Crippen molar-refractivity contribution in [2.45, 2.75) is 18.4 Å². The van der Waals surface area contributed by atoms with E-state index in [4.69, 9.17) is 11.6 Å². The Morgan fingerprint density at radius 1 is 1.52 bits per heavy atom. The van der Waals surface area contributed by atoms with Crippen molar-refractivity contribution in [1.29, 1.82) is 0 Å². The molecule has 0 aromatic carbocycles. The molecule has 1 N–H and O–H groups in total. The van der Waals surface area contributed by atoms with Gasteiger partial charge >= 0.3 is 0 Å². The summed E-state index contributed by atoms with van der Waals surface area (Å²) in [6.07, 6.45) is 2.01. The molecular weight excluding hydrogens is 398 g/mol. The van der Waals surface area contributed by atoms with E-state index in [1.54, 1.807) is 30.1 Å². The minimum Gasteiger partial charge on any atom is -0.342 e. The highest BCUT2D eigenvalue weighted by Crippen LogP contribution is 2.37. The minimum absolute atomic E-state index is 0.108. The largest absolute Gasteiger partial charge is 0.342 e. The van der Waals surface area contributed by atoms with Gasteiger partial charge in [0.15, 0.2) is 0 Å². The number of hydrogen-bond donors (Lipinski definition) is 1. The van der Waals surface area contributed by atoms with Crippen molar-refractivity contribution < 1.29 is 18.4 Å². The Labute approximate surface area is 163 Å². The molecule has 2 aromatic heterocycles. The van der Waals surface area contributed by atoms with E-state index in [0.717, 1.165) is 23.1 Å². The van der Waals surface area contributed by atoms with Gasteiger partial charge in [0, 0.05) is 38.3 Å². The van der Waals surface area contributed by atoms with Gasteiger partial charge in [-0.1, -0.05) is 18.2 Å². The SMILES string of the molecule is C=CC(=O)NC1CN(C(=O)c2cc(-c3ccnn3C)c(Cl)s2)CCC1(F)F. The number of aryl methyl sites for hydroxylation is 1. The summed E-state index contributed by atoms with van der Waals surface area (Å²) in [5.41, 5.74) is 1.40. The van der Waals surface area contributed by atoms with Crippen LogP contribution in [0.1, 0.15) is 16.1 Å². The summed E-state index contributed by atoms with van der Waals surface area (Å²) in [4.78, 5) is 25.9. The standard InChI is InChI=1S/C17H17ClF2N4O2S/c1-3-14(25)22-13-9-24(7-5-17(13,19)20)16(26)12-8-10(15(18)27-12)11-4-6-21-23(11)2/h3-4,6,8,13H,1,5,7,9H2,2H3,(H,22,25). The zero-order valence-corrected chi connectivity index (χ0v) is 16.0. The smallest absolute Gasteiger partial charge is 0.271 e. The first kappa shape index (κ1) is 19.5. The van der Waals surface area contributed by atoms with Crippen molar-refractivity contribution in [2.24, 2.45) is 7.05 Å². The monoisotopic (exact) mass is 414 g/mol. The maximum absolute atomic E-state index is 14.1. The van der Waals surface area contributed by atoms with Gasteiger partial charge in [-0.3, -0.25) is 14.3 Å². The lowest BCUT2D eigenvalue weighted by atomic mass is 10.0. The first-order valence-electron chi connectivity index (χ1n) is 8.10. The van der Waals surface area contributed by atoms with Crippen LogP contribution < -0.4 is 5.32 Å². The van der Waals surface area contributed by atoms with Gasteiger partial charge in [-0.2, -0.15) is 5.10 Å². The summed E-state index contributed by atoms with van der Waals surface area (Å²) >= 11 is 7.36. The van der Waals surface area contributed by atoms with Crippen LogP contribution in [-0.2, 0) is 11.8 Å².